The standard InChI is InChI=1S/C14H27N3O3/c1-5-8-14(2,12(18)19)15-11-6-9-17(10-7-11)13(20)16(3)4/h11,15H,5-10H2,1-4H3,(H,18,19). The van der Waals surface area contributed by atoms with Crippen LogP contribution in [0, 0.1) is 0 Å². The predicted octanol–water partition coefficient (Wildman–Crippen LogP) is 1.37. The number of carbonyl (C=O) groups excluding carboxylic acids is 1. The van der Waals surface area contributed by atoms with Crippen LogP contribution < -0.4 is 5.32 Å². The highest BCUT2D eigenvalue weighted by atomic mass is 16.4. The number of aliphatic carboxylic acids is 1. The molecule has 1 saturated heterocycles. The SMILES string of the molecule is CCCC(C)(NC1CCN(C(=O)N(C)C)CC1)C(=O)O. The topological polar surface area (TPSA) is 72.9 Å². The third-order valence-electron chi connectivity index (χ3n) is 3.89. The molecule has 2 amide bonds. The average molecular weight is 285 g/mol. The summed E-state index contributed by atoms with van der Waals surface area (Å²) in [4.78, 5) is 26.6. The molecule has 1 aliphatic rings. The number of piperidine rings is 1. The Labute approximate surface area is 121 Å². The van der Waals surface area contributed by atoms with Gasteiger partial charge in [0.1, 0.15) is 5.54 Å². The first-order valence-electron chi connectivity index (χ1n) is 7.27. The largest absolute Gasteiger partial charge is 0.480 e. The number of nitrogens with zero attached hydrogens (tertiary/aromatic N) is 2. The van der Waals surface area contributed by atoms with Gasteiger partial charge < -0.3 is 14.9 Å². The van der Waals surface area contributed by atoms with Crippen molar-refractivity contribution in [3.05, 3.63) is 0 Å². The fourth-order valence-corrected chi connectivity index (χ4v) is 2.69. The van der Waals surface area contributed by atoms with Crippen LogP contribution in [0.1, 0.15) is 39.5 Å². The number of hydrogen-bond donors (Lipinski definition) is 2. The molecule has 0 saturated carbocycles. The van der Waals surface area contributed by atoms with Gasteiger partial charge in [0.2, 0.25) is 0 Å². The minimum atomic E-state index is -0.868. The van der Waals surface area contributed by atoms with Crippen molar-refractivity contribution in [2.45, 2.75) is 51.1 Å². The van der Waals surface area contributed by atoms with E-state index in [1.165, 1.54) is 0 Å². The van der Waals surface area contributed by atoms with Gasteiger partial charge >= 0.3 is 12.0 Å². The summed E-state index contributed by atoms with van der Waals surface area (Å²) in [7, 11) is 3.49. The molecule has 0 aromatic heterocycles. The maximum atomic E-state index is 11.8. The summed E-state index contributed by atoms with van der Waals surface area (Å²) < 4.78 is 0. The number of nitrogens with one attached hydrogen (secondary N) is 1. The zero-order chi connectivity index (χ0) is 15.3. The zero-order valence-corrected chi connectivity index (χ0v) is 13.0. The first-order chi connectivity index (χ1) is 9.30. The van der Waals surface area contributed by atoms with Gasteiger partial charge in [-0.15, -0.1) is 0 Å². The minimum absolute atomic E-state index is 0.0259. The molecule has 1 rings (SSSR count). The molecule has 0 bridgehead atoms. The summed E-state index contributed by atoms with van der Waals surface area (Å²) in [6, 6.07) is 0.187. The highest BCUT2D eigenvalue weighted by Crippen LogP contribution is 2.19. The lowest BCUT2D eigenvalue weighted by atomic mass is 9.93. The van der Waals surface area contributed by atoms with Crippen LogP contribution in [0.15, 0.2) is 0 Å². The van der Waals surface area contributed by atoms with Gasteiger partial charge in [-0.05, 0) is 26.2 Å². The average Bonchev–Trinajstić information content (AvgIpc) is 2.38. The van der Waals surface area contributed by atoms with Crippen LogP contribution in [0.25, 0.3) is 0 Å². The van der Waals surface area contributed by atoms with Crippen molar-refractivity contribution in [2.24, 2.45) is 0 Å². The van der Waals surface area contributed by atoms with Gasteiger partial charge in [-0.1, -0.05) is 13.3 Å². The van der Waals surface area contributed by atoms with Gasteiger partial charge in [-0.2, -0.15) is 0 Å². The van der Waals surface area contributed by atoms with Crippen LogP contribution in [0.2, 0.25) is 0 Å². The minimum Gasteiger partial charge on any atom is -0.480 e. The second-order valence-corrected chi connectivity index (χ2v) is 5.97. The Bertz CT molecular complexity index is 352. The molecule has 0 aromatic rings. The molecule has 0 aliphatic carbocycles. The smallest absolute Gasteiger partial charge is 0.323 e. The molecule has 20 heavy (non-hydrogen) atoms. The Morgan fingerprint density at radius 1 is 1.35 bits per heavy atom. The summed E-state index contributed by atoms with van der Waals surface area (Å²) in [5.74, 6) is -0.800. The van der Waals surface area contributed by atoms with Crippen molar-refractivity contribution in [1.29, 1.82) is 0 Å². The number of carboxylic acids is 1. The lowest BCUT2D eigenvalue weighted by Crippen LogP contribution is -2.57. The van der Waals surface area contributed by atoms with E-state index in [0.717, 1.165) is 19.3 Å². The molecule has 1 heterocycles. The fourth-order valence-electron chi connectivity index (χ4n) is 2.69. The van der Waals surface area contributed by atoms with Gasteiger partial charge in [0, 0.05) is 33.2 Å². The van der Waals surface area contributed by atoms with E-state index in [0.29, 0.717) is 19.5 Å². The highest BCUT2D eigenvalue weighted by Gasteiger charge is 2.35. The van der Waals surface area contributed by atoms with Crippen LogP contribution in [-0.4, -0.2) is 65.7 Å². The van der Waals surface area contributed by atoms with E-state index in [9.17, 15) is 14.7 Å². The van der Waals surface area contributed by atoms with E-state index in [1.54, 1.807) is 25.9 Å². The zero-order valence-electron chi connectivity index (χ0n) is 13.0. The fraction of sp³-hybridized carbons (Fsp3) is 0.857. The maximum absolute atomic E-state index is 11.8. The van der Waals surface area contributed by atoms with Crippen molar-refractivity contribution in [3.8, 4) is 0 Å². The van der Waals surface area contributed by atoms with Gasteiger partial charge in [0.25, 0.3) is 0 Å². The molecular weight excluding hydrogens is 258 g/mol. The lowest BCUT2D eigenvalue weighted by Gasteiger charge is -2.38. The van der Waals surface area contributed by atoms with Gasteiger partial charge in [-0.3, -0.25) is 10.1 Å². The normalized spacial score (nSPS) is 19.5. The molecule has 0 spiro atoms. The molecule has 1 fully saturated rings. The number of carboxylic acid groups (broad SMARTS) is 1. The van der Waals surface area contributed by atoms with Gasteiger partial charge in [-0.25, -0.2) is 4.79 Å². The summed E-state index contributed by atoms with van der Waals surface area (Å²) in [5.41, 5.74) is -0.868. The summed E-state index contributed by atoms with van der Waals surface area (Å²) in [6.07, 6.45) is 3.03. The van der Waals surface area contributed by atoms with E-state index < -0.39 is 11.5 Å². The Morgan fingerprint density at radius 2 is 1.90 bits per heavy atom. The molecule has 0 radical (unpaired) electrons. The molecule has 1 atom stereocenters. The number of hydrogen-bond acceptors (Lipinski definition) is 3. The highest BCUT2D eigenvalue weighted by molar-refractivity contribution is 5.78. The summed E-state index contributed by atoms with van der Waals surface area (Å²) >= 11 is 0. The Hall–Kier alpha value is -1.30. The van der Waals surface area contributed by atoms with Crippen molar-refractivity contribution in [2.75, 3.05) is 27.2 Å². The van der Waals surface area contributed by atoms with Crippen LogP contribution >= 0.6 is 0 Å². The van der Waals surface area contributed by atoms with Crippen molar-refractivity contribution >= 4 is 12.0 Å². The number of amides is 2. The predicted molar refractivity (Wildman–Crippen MR) is 77.8 cm³/mol. The number of carbonyl (C=O) groups is 2. The first-order valence-corrected chi connectivity index (χ1v) is 7.27. The Morgan fingerprint density at radius 3 is 2.30 bits per heavy atom. The van der Waals surface area contributed by atoms with Crippen molar-refractivity contribution in [1.82, 2.24) is 15.1 Å². The van der Waals surface area contributed by atoms with E-state index in [1.807, 2.05) is 11.8 Å². The summed E-state index contributed by atoms with van der Waals surface area (Å²) in [6.45, 7) is 5.09. The molecule has 116 valence electrons. The van der Waals surface area contributed by atoms with Crippen LogP contribution in [0.4, 0.5) is 4.79 Å². The third-order valence-corrected chi connectivity index (χ3v) is 3.89. The number of rotatable bonds is 5. The quantitative estimate of drug-likeness (QED) is 0.800. The second-order valence-electron chi connectivity index (χ2n) is 5.97. The maximum Gasteiger partial charge on any atom is 0.323 e. The molecule has 1 unspecified atom stereocenters. The van der Waals surface area contributed by atoms with Crippen LogP contribution in [0.3, 0.4) is 0 Å². The third kappa shape index (κ3) is 4.10. The number of likely N-dealkylation sites (tertiary alicyclic amines) is 1. The lowest BCUT2D eigenvalue weighted by molar-refractivity contribution is -0.145. The van der Waals surface area contributed by atoms with E-state index in [4.69, 9.17) is 0 Å². The van der Waals surface area contributed by atoms with E-state index in [-0.39, 0.29) is 12.1 Å². The second kappa shape index (κ2) is 6.92. The van der Waals surface area contributed by atoms with Crippen molar-refractivity contribution in [3.63, 3.8) is 0 Å². The first kappa shape index (κ1) is 16.8. The number of urea groups is 1. The molecular formula is C14H27N3O3. The van der Waals surface area contributed by atoms with Crippen LogP contribution in [-0.2, 0) is 4.79 Å². The molecule has 1 aliphatic heterocycles. The van der Waals surface area contributed by atoms with E-state index in [2.05, 4.69) is 5.32 Å². The molecule has 6 nitrogen and oxygen atoms in total. The van der Waals surface area contributed by atoms with Crippen LogP contribution in [0.5, 0.6) is 0 Å². The van der Waals surface area contributed by atoms with Crippen molar-refractivity contribution < 1.29 is 14.7 Å². The Balaban J connectivity index is 2.53. The molecule has 6 heteroatoms. The Kier molecular flexibility index (Phi) is 5.80. The molecule has 0 aromatic carbocycles. The van der Waals surface area contributed by atoms with Gasteiger partial charge in [0.15, 0.2) is 0 Å². The van der Waals surface area contributed by atoms with Gasteiger partial charge in [0.05, 0.1) is 0 Å². The summed E-state index contributed by atoms with van der Waals surface area (Å²) in [5, 5.41) is 12.6. The monoisotopic (exact) mass is 285 g/mol. The molecule has 2 N–H and O–H groups in total. The van der Waals surface area contributed by atoms with E-state index >= 15 is 0 Å².